The Morgan fingerprint density at radius 2 is 1.60 bits per heavy atom. The predicted octanol–water partition coefficient (Wildman–Crippen LogP) is 4.45. The quantitative estimate of drug-likeness (QED) is 0.439. The summed E-state index contributed by atoms with van der Waals surface area (Å²) >= 11 is 4.45. The van der Waals surface area contributed by atoms with E-state index in [1.807, 2.05) is 0 Å². The Morgan fingerprint density at radius 1 is 0.900 bits per heavy atom. The summed E-state index contributed by atoms with van der Waals surface area (Å²) in [6, 6.07) is 14.9. The van der Waals surface area contributed by atoms with Crippen molar-refractivity contribution in [2.45, 2.75) is 6.54 Å². The lowest BCUT2D eigenvalue weighted by Gasteiger charge is -2.10. The van der Waals surface area contributed by atoms with Crippen molar-refractivity contribution in [2.24, 2.45) is 0 Å². The van der Waals surface area contributed by atoms with Gasteiger partial charge in [0.2, 0.25) is 0 Å². The highest BCUT2D eigenvalue weighted by Gasteiger charge is 2.06. The van der Waals surface area contributed by atoms with Gasteiger partial charge in [0.1, 0.15) is 13.7 Å². The molecule has 3 rings (SSSR count). The molecule has 2 aromatic carbocycles. The number of nitrogens with one attached hydrogen (secondary N) is 1. The molecule has 0 amide bonds. The molecule has 0 saturated carbocycles. The Bertz CT molecular complexity index is 739. The third kappa shape index (κ3) is 3.03. The van der Waals surface area contributed by atoms with Gasteiger partial charge in [-0.05, 0) is 67.6 Å². The van der Waals surface area contributed by atoms with E-state index in [2.05, 4.69) is 103 Å². The van der Waals surface area contributed by atoms with Crippen LogP contribution in [0.4, 0.5) is 5.69 Å². The summed E-state index contributed by atoms with van der Waals surface area (Å²) < 4.78 is 1.89. The smallest absolute Gasteiger partial charge is 0.128 e. The molecule has 3 aromatic rings. The van der Waals surface area contributed by atoms with E-state index in [0.29, 0.717) is 0 Å². The first kappa shape index (κ1) is 14.0. The second-order valence-corrected chi connectivity index (χ2v) is 6.41. The third-order valence-corrected chi connectivity index (χ3v) is 4.67. The first-order valence-electron chi connectivity index (χ1n) is 6.11. The van der Waals surface area contributed by atoms with E-state index in [9.17, 15) is 0 Å². The number of rotatable bonds is 3. The van der Waals surface area contributed by atoms with Crippen LogP contribution in [0.1, 0.15) is 5.56 Å². The zero-order valence-corrected chi connectivity index (χ0v) is 14.8. The second-order valence-electron chi connectivity index (χ2n) is 4.37. The highest BCUT2D eigenvalue weighted by atomic mass is 127. The average Bonchev–Trinajstić information content (AvgIpc) is 2.46. The van der Waals surface area contributed by atoms with Gasteiger partial charge in [0.25, 0.3) is 0 Å². The number of hydrogen-bond donors (Lipinski definition) is 1. The van der Waals surface area contributed by atoms with Gasteiger partial charge in [0, 0.05) is 6.54 Å². The Kier molecular flexibility index (Phi) is 4.35. The van der Waals surface area contributed by atoms with E-state index < -0.39 is 0 Å². The minimum absolute atomic E-state index is 0.768. The summed E-state index contributed by atoms with van der Waals surface area (Å²) in [6.07, 6.45) is 1.59. The highest BCUT2D eigenvalue weighted by molar-refractivity contribution is 14.1. The lowest BCUT2D eigenvalue weighted by atomic mass is 10.1. The fourth-order valence-electron chi connectivity index (χ4n) is 2.03. The summed E-state index contributed by atoms with van der Waals surface area (Å²) in [5, 5.41) is 5.95. The molecule has 0 fully saturated rings. The van der Waals surface area contributed by atoms with Crippen molar-refractivity contribution in [1.82, 2.24) is 9.97 Å². The minimum Gasteiger partial charge on any atom is -0.377 e. The summed E-state index contributed by atoms with van der Waals surface area (Å²) in [5.74, 6) is 0. The number of aromatic nitrogens is 2. The molecular formula is C15H11I2N3. The number of halogens is 2. The van der Waals surface area contributed by atoms with Gasteiger partial charge >= 0.3 is 0 Å². The lowest BCUT2D eigenvalue weighted by Crippen LogP contribution is -2.05. The van der Waals surface area contributed by atoms with Gasteiger partial charge in [-0.1, -0.05) is 36.4 Å². The Morgan fingerprint density at radius 3 is 2.35 bits per heavy atom. The van der Waals surface area contributed by atoms with Crippen LogP contribution in [0.2, 0.25) is 0 Å². The monoisotopic (exact) mass is 487 g/mol. The Balaban J connectivity index is 1.83. The molecule has 3 nitrogen and oxygen atoms in total. The fourth-order valence-corrected chi connectivity index (χ4v) is 3.69. The zero-order valence-electron chi connectivity index (χ0n) is 10.5. The van der Waals surface area contributed by atoms with Crippen LogP contribution in [0.5, 0.6) is 0 Å². The van der Waals surface area contributed by atoms with E-state index >= 15 is 0 Å². The molecule has 100 valence electrons. The van der Waals surface area contributed by atoms with Crippen LogP contribution in [0, 0.1) is 7.40 Å². The van der Waals surface area contributed by atoms with Crippen LogP contribution >= 0.6 is 45.2 Å². The molecular weight excluding hydrogens is 476 g/mol. The average molecular weight is 487 g/mol. The van der Waals surface area contributed by atoms with Crippen molar-refractivity contribution in [3.05, 3.63) is 61.8 Å². The Hall–Kier alpha value is -0.960. The van der Waals surface area contributed by atoms with Gasteiger partial charge in [-0.15, -0.1) is 0 Å². The number of hydrogen-bond acceptors (Lipinski definition) is 3. The first-order valence-corrected chi connectivity index (χ1v) is 8.27. The topological polar surface area (TPSA) is 37.8 Å². The third-order valence-electron chi connectivity index (χ3n) is 3.04. The van der Waals surface area contributed by atoms with Crippen LogP contribution in [-0.4, -0.2) is 9.97 Å². The van der Waals surface area contributed by atoms with Crippen molar-refractivity contribution in [2.75, 3.05) is 5.32 Å². The number of nitrogens with zero attached hydrogens (tertiary/aromatic N) is 2. The largest absolute Gasteiger partial charge is 0.377 e. The summed E-state index contributed by atoms with van der Waals surface area (Å²) in [5.41, 5.74) is 2.25. The van der Waals surface area contributed by atoms with Crippen LogP contribution in [0.3, 0.4) is 0 Å². The summed E-state index contributed by atoms with van der Waals surface area (Å²) in [4.78, 5) is 8.42. The Labute approximate surface area is 144 Å². The molecule has 0 atom stereocenters. The van der Waals surface area contributed by atoms with Crippen molar-refractivity contribution in [3.8, 4) is 0 Å². The van der Waals surface area contributed by atoms with Gasteiger partial charge in [-0.3, -0.25) is 0 Å². The molecule has 1 heterocycles. The second kappa shape index (κ2) is 6.21. The van der Waals surface area contributed by atoms with E-state index in [1.165, 1.54) is 16.3 Å². The van der Waals surface area contributed by atoms with Gasteiger partial charge < -0.3 is 5.32 Å². The van der Waals surface area contributed by atoms with E-state index in [1.54, 1.807) is 6.33 Å². The molecule has 20 heavy (non-hydrogen) atoms. The molecule has 1 aromatic heterocycles. The van der Waals surface area contributed by atoms with Crippen molar-refractivity contribution >= 4 is 61.6 Å². The molecule has 0 aliphatic carbocycles. The lowest BCUT2D eigenvalue weighted by molar-refractivity contribution is 1.06. The predicted molar refractivity (Wildman–Crippen MR) is 98.7 cm³/mol. The van der Waals surface area contributed by atoms with Crippen LogP contribution in [0.15, 0.2) is 48.8 Å². The van der Waals surface area contributed by atoms with Crippen LogP contribution in [-0.2, 0) is 6.54 Å². The number of anilines is 1. The van der Waals surface area contributed by atoms with Gasteiger partial charge in [-0.25, -0.2) is 9.97 Å². The van der Waals surface area contributed by atoms with E-state index in [4.69, 9.17) is 0 Å². The van der Waals surface area contributed by atoms with Crippen molar-refractivity contribution < 1.29 is 0 Å². The maximum atomic E-state index is 4.21. The van der Waals surface area contributed by atoms with Crippen molar-refractivity contribution in [1.29, 1.82) is 0 Å². The SMILES string of the molecule is Ic1ncnc(I)c1NCc1ccc2ccccc2c1. The van der Waals surface area contributed by atoms with Gasteiger partial charge in [0.15, 0.2) is 0 Å². The molecule has 0 bridgehead atoms. The number of benzene rings is 2. The standard InChI is InChI=1S/C15H11I2N3/c16-14-13(15(17)20-9-19-14)18-8-10-5-6-11-3-1-2-4-12(11)7-10/h1-7,9,18H,8H2. The fraction of sp³-hybridized carbons (Fsp3) is 0.0667. The maximum absolute atomic E-state index is 4.21. The molecule has 0 unspecified atom stereocenters. The van der Waals surface area contributed by atoms with Crippen molar-refractivity contribution in [3.63, 3.8) is 0 Å². The molecule has 0 spiro atoms. The molecule has 5 heteroatoms. The van der Waals surface area contributed by atoms with E-state index in [-0.39, 0.29) is 0 Å². The van der Waals surface area contributed by atoms with Gasteiger partial charge in [0.05, 0.1) is 5.69 Å². The normalized spacial score (nSPS) is 10.7. The molecule has 0 aliphatic rings. The summed E-state index contributed by atoms with van der Waals surface area (Å²) in [7, 11) is 0. The highest BCUT2D eigenvalue weighted by Crippen LogP contribution is 2.22. The van der Waals surface area contributed by atoms with Gasteiger partial charge in [-0.2, -0.15) is 0 Å². The van der Waals surface area contributed by atoms with Crippen LogP contribution in [0.25, 0.3) is 10.8 Å². The number of fused-ring (bicyclic) bond motifs is 1. The summed E-state index contributed by atoms with van der Waals surface area (Å²) in [6.45, 7) is 0.768. The zero-order chi connectivity index (χ0) is 13.9. The maximum Gasteiger partial charge on any atom is 0.128 e. The van der Waals surface area contributed by atoms with E-state index in [0.717, 1.165) is 19.6 Å². The molecule has 0 aliphatic heterocycles. The molecule has 0 saturated heterocycles. The van der Waals surface area contributed by atoms with Crippen LogP contribution < -0.4 is 5.32 Å². The molecule has 0 radical (unpaired) electrons. The molecule has 1 N–H and O–H groups in total. The first-order chi connectivity index (χ1) is 9.74. The minimum atomic E-state index is 0.768.